The van der Waals surface area contributed by atoms with Gasteiger partial charge in [-0.25, -0.2) is 4.79 Å². The van der Waals surface area contributed by atoms with Crippen LogP contribution in [0, 0.1) is 19.8 Å². The van der Waals surface area contributed by atoms with E-state index in [1.165, 1.54) is 0 Å². The Kier molecular flexibility index (Phi) is 5.46. The van der Waals surface area contributed by atoms with Crippen LogP contribution in [-0.4, -0.2) is 27.6 Å². The Morgan fingerprint density at radius 2 is 2.00 bits per heavy atom. The van der Waals surface area contributed by atoms with Gasteiger partial charge in [0.2, 0.25) is 5.91 Å². The minimum absolute atomic E-state index is 0.164. The van der Waals surface area contributed by atoms with Gasteiger partial charge in [-0.1, -0.05) is 26.0 Å². The highest BCUT2D eigenvalue weighted by molar-refractivity contribution is 6.07. The monoisotopic (exact) mass is 397 g/mol. The van der Waals surface area contributed by atoms with Crippen LogP contribution in [0.2, 0.25) is 0 Å². The average molecular weight is 397 g/mol. The second kappa shape index (κ2) is 7.69. The minimum Gasteiger partial charge on any atom is -0.326 e. The van der Waals surface area contributed by atoms with Crippen LogP contribution in [0.3, 0.4) is 0 Å². The molecule has 1 aromatic heterocycles. The summed E-state index contributed by atoms with van der Waals surface area (Å²) < 4.78 is 1.95. The third-order valence-corrected chi connectivity index (χ3v) is 5.18. The molecule has 8 nitrogen and oxygen atoms in total. The summed E-state index contributed by atoms with van der Waals surface area (Å²) in [6.07, 6.45) is 0.217. The van der Waals surface area contributed by atoms with Crippen molar-refractivity contribution in [3.8, 4) is 0 Å². The van der Waals surface area contributed by atoms with E-state index in [1.807, 2.05) is 18.5 Å². The number of imide groups is 1. The van der Waals surface area contributed by atoms with Crippen LogP contribution in [0.4, 0.5) is 10.5 Å². The standard InChI is InChI=1S/C21H27N5O3/c1-12(2)11-26-14(4)17(13(3)25-26)10-18(27)22-16-8-6-7-15(9-16)21(5)19(28)23-20(29)24-21/h6-9,12H,10-11H2,1-5H3,(H,22,27)(H2,23,24,28,29). The molecule has 1 aliphatic rings. The number of urea groups is 1. The largest absolute Gasteiger partial charge is 0.326 e. The molecule has 3 N–H and O–H groups in total. The van der Waals surface area contributed by atoms with Crippen LogP contribution >= 0.6 is 0 Å². The molecule has 0 saturated carbocycles. The quantitative estimate of drug-likeness (QED) is 0.651. The lowest BCUT2D eigenvalue weighted by atomic mass is 9.92. The van der Waals surface area contributed by atoms with Gasteiger partial charge in [0.25, 0.3) is 5.91 Å². The third kappa shape index (κ3) is 4.16. The van der Waals surface area contributed by atoms with Crippen molar-refractivity contribution in [2.75, 3.05) is 5.32 Å². The van der Waals surface area contributed by atoms with E-state index >= 15 is 0 Å². The molecule has 8 heteroatoms. The van der Waals surface area contributed by atoms with Gasteiger partial charge in [-0.2, -0.15) is 5.10 Å². The number of aryl methyl sites for hydroxylation is 1. The van der Waals surface area contributed by atoms with Crippen molar-refractivity contribution in [1.82, 2.24) is 20.4 Å². The number of hydrogen-bond donors (Lipinski definition) is 3. The molecular weight excluding hydrogens is 370 g/mol. The summed E-state index contributed by atoms with van der Waals surface area (Å²) in [5, 5.41) is 12.3. The van der Waals surface area contributed by atoms with E-state index in [4.69, 9.17) is 0 Å². The van der Waals surface area contributed by atoms with E-state index in [1.54, 1.807) is 31.2 Å². The first-order valence-corrected chi connectivity index (χ1v) is 9.67. The minimum atomic E-state index is -1.16. The number of carbonyl (C=O) groups excluding carboxylic acids is 3. The summed E-state index contributed by atoms with van der Waals surface area (Å²) in [6, 6.07) is 6.40. The molecule has 0 radical (unpaired) electrons. The molecule has 0 bridgehead atoms. The van der Waals surface area contributed by atoms with Gasteiger partial charge in [0.05, 0.1) is 12.1 Å². The Morgan fingerprint density at radius 3 is 2.62 bits per heavy atom. The fourth-order valence-corrected chi connectivity index (χ4v) is 3.53. The molecule has 1 unspecified atom stereocenters. The lowest BCUT2D eigenvalue weighted by molar-refractivity contribution is -0.123. The van der Waals surface area contributed by atoms with Crippen molar-refractivity contribution >= 4 is 23.5 Å². The van der Waals surface area contributed by atoms with Crippen LogP contribution in [0.1, 0.15) is 43.3 Å². The van der Waals surface area contributed by atoms with Gasteiger partial charge in [-0.15, -0.1) is 0 Å². The van der Waals surface area contributed by atoms with Crippen LogP contribution in [0.15, 0.2) is 24.3 Å². The lowest BCUT2D eigenvalue weighted by Crippen LogP contribution is -2.40. The summed E-state index contributed by atoms with van der Waals surface area (Å²) >= 11 is 0. The molecule has 0 spiro atoms. The zero-order valence-electron chi connectivity index (χ0n) is 17.4. The van der Waals surface area contributed by atoms with E-state index in [2.05, 4.69) is 34.9 Å². The number of nitrogens with one attached hydrogen (secondary N) is 3. The second-order valence-electron chi connectivity index (χ2n) is 8.06. The molecule has 1 saturated heterocycles. The number of amides is 4. The summed E-state index contributed by atoms with van der Waals surface area (Å²) in [7, 11) is 0. The van der Waals surface area contributed by atoms with Gasteiger partial charge < -0.3 is 10.6 Å². The Bertz CT molecular complexity index is 979. The van der Waals surface area contributed by atoms with E-state index in [0.29, 0.717) is 17.2 Å². The Morgan fingerprint density at radius 1 is 1.28 bits per heavy atom. The predicted molar refractivity (Wildman–Crippen MR) is 109 cm³/mol. The molecule has 1 atom stereocenters. The van der Waals surface area contributed by atoms with Crippen molar-refractivity contribution in [2.24, 2.45) is 5.92 Å². The maximum Gasteiger partial charge on any atom is 0.322 e. The fraction of sp³-hybridized carbons (Fsp3) is 0.429. The van der Waals surface area contributed by atoms with Crippen LogP contribution in [-0.2, 0) is 28.1 Å². The van der Waals surface area contributed by atoms with Gasteiger partial charge >= 0.3 is 6.03 Å². The second-order valence-corrected chi connectivity index (χ2v) is 8.06. The summed E-state index contributed by atoms with van der Waals surface area (Å²) in [4.78, 5) is 36.3. The van der Waals surface area contributed by atoms with Crippen molar-refractivity contribution in [3.05, 3.63) is 46.8 Å². The number of hydrogen-bond acceptors (Lipinski definition) is 4. The number of nitrogens with zero attached hydrogens (tertiary/aromatic N) is 2. The Hall–Kier alpha value is -3.16. The first-order valence-electron chi connectivity index (χ1n) is 9.67. The van der Waals surface area contributed by atoms with Gasteiger partial charge in [0.15, 0.2) is 0 Å². The average Bonchev–Trinajstić information content (AvgIpc) is 3.04. The number of aromatic nitrogens is 2. The van der Waals surface area contributed by atoms with Crippen LogP contribution in [0.5, 0.6) is 0 Å². The number of rotatable bonds is 6. The highest BCUT2D eigenvalue weighted by atomic mass is 16.2. The smallest absolute Gasteiger partial charge is 0.322 e. The maximum absolute atomic E-state index is 12.6. The summed E-state index contributed by atoms with van der Waals surface area (Å²) in [5.74, 6) is -0.121. The fourth-order valence-electron chi connectivity index (χ4n) is 3.53. The van der Waals surface area contributed by atoms with Gasteiger partial charge in [-0.3, -0.25) is 19.6 Å². The van der Waals surface area contributed by atoms with Gasteiger partial charge in [0.1, 0.15) is 5.54 Å². The molecule has 3 rings (SSSR count). The highest BCUT2D eigenvalue weighted by Gasteiger charge is 2.43. The molecule has 2 aromatic rings. The van der Waals surface area contributed by atoms with Crippen LogP contribution in [0.25, 0.3) is 0 Å². The Labute approximate surface area is 170 Å². The molecule has 1 fully saturated rings. The van der Waals surface area contributed by atoms with E-state index in [-0.39, 0.29) is 12.3 Å². The molecule has 0 aliphatic carbocycles. The molecule has 1 aromatic carbocycles. The molecule has 4 amide bonds. The first-order chi connectivity index (χ1) is 13.6. The number of carbonyl (C=O) groups is 3. The number of anilines is 1. The number of benzene rings is 1. The molecule has 29 heavy (non-hydrogen) atoms. The summed E-state index contributed by atoms with van der Waals surface area (Å²) in [6.45, 7) is 10.6. The predicted octanol–water partition coefficient (Wildman–Crippen LogP) is 2.39. The van der Waals surface area contributed by atoms with Crippen molar-refractivity contribution in [2.45, 2.75) is 53.1 Å². The summed E-state index contributed by atoms with van der Waals surface area (Å²) in [5.41, 5.74) is 2.77. The zero-order valence-corrected chi connectivity index (χ0v) is 17.4. The van der Waals surface area contributed by atoms with Crippen molar-refractivity contribution in [1.29, 1.82) is 0 Å². The van der Waals surface area contributed by atoms with Gasteiger partial charge in [-0.05, 0) is 44.4 Å². The first kappa shape index (κ1) is 20.6. The third-order valence-electron chi connectivity index (χ3n) is 5.18. The molecule has 154 valence electrons. The topological polar surface area (TPSA) is 105 Å². The molecule has 2 heterocycles. The normalized spacial score (nSPS) is 18.7. The highest BCUT2D eigenvalue weighted by Crippen LogP contribution is 2.26. The zero-order chi connectivity index (χ0) is 21.3. The maximum atomic E-state index is 12.6. The van der Waals surface area contributed by atoms with E-state index in [9.17, 15) is 14.4 Å². The van der Waals surface area contributed by atoms with E-state index in [0.717, 1.165) is 23.5 Å². The van der Waals surface area contributed by atoms with Crippen LogP contribution < -0.4 is 16.0 Å². The lowest BCUT2D eigenvalue weighted by Gasteiger charge is -2.21. The van der Waals surface area contributed by atoms with Gasteiger partial charge in [0, 0.05) is 23.5 Å². The SMILES string of the molecule is Cc1nn(CC(C)C)c(C)c1CC(=O)Nc1cccc(C2(C)NC(=O)NC2=O)c1. The molecule has 1 aliphatic heterocycles. The van der Waals surface area contributed by atoms with Crippen molar-refractivity contribution in [3.63, 3.8) is 0 Å². The van der Waals surface area contributed by atoms with E-state index < -0.39 is 17.5 Å². The van der Waals surface area contributed by atoms with Crippen molar-refractivity contribution < 1.29 is 14.4 Å². The Balaban J connectivity index is 1.75. The molecular formula is C21H27N5O3.